The van der Waals surface area contributed by atoms with Gasteiger partial charge >= 0.3 is 0 Å². The van der Waals surface area contributed by atoms with Crippen LogP contribution in [0.25, 0.3) is 0 Å². The fraction of sp³-hybridized carbons (Fsp3) is 0.333. The molecule has 2 rings (SSSR count). The van der Waals surface area contributed by atoms with Crippen LogP contribution in [0.2, 0.25) is 0 Å². The summed E-state index contributed by atoms with van der Waals surface area (Å²) >= 11 is 0. The van der Waals surface area contributed by atoms with E-state index in [1.165, 1.54) is 12.1 Å². The van der Waals surface area contributed by atoms with Gasteiger partial charge in [0.25, 0.3) is 0 Å². The molecule has 1 N–H and O–H groups in total. The Labute approximate surface area is 154 Å². The maximum absolute atomic E-state index is 13.2. The normalized spacial score (nSPS) is 11.7. The van der Waals surface area contributed by atoms with Gasteiger partial charge in [0.05, 0.1) is 6.42 Å². The summed E-state index contributed by atoms with van der Waals surface area (Å²) in [6, 6.07) is 13.1. The summed E-state index contributed by atoms with van der Waals surface area (Å²) in [5.74, 6) is -0.656. The van der Waals surface area contributed by atoms with Crippen LogP contribution in [-0.2, 0) is 22.6 Å². The number of aryl methyl sites for hydroxylation is 1. The Morgan fingerprint density at radius 1 is 1.12 bits per heavy atom. The zero-order valence-corrected chi connectivity index (χ0v) is 15.5. The molecular weight excluding hydrogens is 331 g/mol. The quantitative estimate of drug-likeness (QED) is 0.828. The van der Waals surface area contributed by atoms with E-state index in [9.17, 15) is 14.0 Å². The third-order valence-corrected chi connectivity index (χ3v) is 4.50. The van der Waals surface area contributed by atoms with E-state index in [2.05, 4.69) is 5.32 Å². The molecule has 0 fully saturated rings. The number of nitrogens with zero attached hydrogens (tertiary/aromatic N) is 1. The van der Waals surface area contributed by atoms with Gasteiger partial charge in [0, 0.05) is 13.6 Å². The van der Waals surface area contributed by atoms with Crippen LogP contribution in [0.5, 0.6) is 0 Å². The van der Waals surface area contributed by atoms with Gasteiger partial charge in [0.15, 0.2) is 0 Å². The summed E-state index contributed by atoms with van der Waals surface area (Å²) in [6.07, 6.45) is 0.724. The molecule has 2 aromatic rings. The summed E-state index contributed by atoms with van der Waals surface area (Å²) in [5, 5.41) is 2.63. The highest BCUT2D eigenvalue weighted by molar-refractivity contribution is 5.88. The zero-order valence-electron chi connectivity index (χ0n) is 15.5. The van der Waals surface area contributed by atoms with E-state index in [1.54, 1.807) is 24.1 Å². The predicted octanol–water partition coefficient (Wildman–Crippen LogP) is 3.23. The summed E-state index contributed by atoms with van der Waals surface area (Å²) < 4.78 is 13.2. The number of carbonyl (C=O) groups is 2. The third-order valence-electron chi connectivity index (χ3n) is 4.50. The van der Waals surface area contributed by atoms with Crippen LogP contribution in [0.15, 0.2) is 48.5 Å². The van der Waals surface area contributed by atoms with Gasteiger partial charge in [-0.2, -0.15) is 0 Å². The lowest BCUT2D eigenvalue weighted by atomic mass is 10.0. The molecule has 1 atom stereocenters. The first-order valence-corrected chi connectivity index (χ1v) is 8.76. The molecule has 0 spiro atoms. The van der Waals surface area contributed by atoms with Gasteiger partial charge in [-0.1, -0.05) is 43.3 Å². The summed E-state index contributed by atoms with van der Waals surface area (Å²) in [7, 11) is 1.56. The number of likely N-dealkylation sites (N-methyl/N-ethyl adjacent to an activating group) is 1. The Bertz CT molecular complexity index is 759. The summed E-state index contributed by atoms with van der Waals surface area (Å²) in [6.45, 7) is 4.10. The van der Waals surface area contributed by atoms with E-state index in [4.69, 9.17) is 0 Å². The second-order valence-electron chi connectivity index (χ2n) is 6.29. The SMILES string of the molecule is CC[C@@H](C(=O)NC)N(Cc1ccc(F)cc1)C(=O)Cc1ccccc1C. The number of carbonyl (C=O) groups excluding carboxylic acids is 2. The number of nitrogens with one attached hydrogen (secondary N) is 1. The zero-order chi connectivity index (χ0) is 19.1. The number of benzene rings is 2. The second kappa shape index (κ2) is 9.13. The van der Waals surface area contributed by atoms with Crippen molar-refractivity contribution >= 4 is 11.8 Å². The largest absolute Gasteiger partial charge is 0.357 e. The lowest BCUT2D eigenvalue weighted by Gasteiger charge is -2.30. The van der Waals surface area contributed by atoms with Crippen LogP contribution >= 0.6 is 0 Å². The Kier molecular flexibility index (Phi) is 6.89. The van der Waals surface area contributed by atoms with Crippen LogP contribution in [-0.4, -0.2) is 29.8 Å². The molecule has 0 saturated heterocycles. The highest BCUT2D eigenvalue weighted by atomic mass is 19.1. The van der Waals surface area contributed by atoms with Gasteiger partial charge in [0.2, 0.25) is 11.8 Å². The first kappa shape index (κ1) is 19.6. The topological polar surface area (TPSA) is 49.4 Å². The smallest absolute Gasteiger partial charge is 0.242 e. The van der Waals surface area contributed by atoms with Crippen molar-refractivity contribution in [2.24, 2.45) is 0 Å². The lowest BCUT2D eigenvalue weighted by molar-refractivity contribution is -0.140. The highest BCUT2D eigenvalue weighted by Gasteiger charge is 2.28. The van der Waals surface area contributed by atoms with E-state index in [0.717, 1.165) is 16.7 Å². The number of amides is 2. The molecule has 0 unspecified atom stereocenters. The molecule has 0 aliphatic rings. The van der Waals surface area contributed by atoms with Crippen molar-refractivity contribution in [1.82, 2.24) is 10.2 Å². The molecular formula is C21H25FN2O2. The number of rotatable bonds is 7. The molecule has 0 aliphatic heterocycles. The van der Waals surface area contributed by atoms with Gasteiger partial charge in [-0.25, -0.2) is 4.39 Å². The molecule has 4 nitrogen and oxygen atoms in total. The Morgan fingerprint density at radius 3 is 2.35 bits per heavy atom. The molecule has 26 heavy (non-hydrogen) atoms. The van der Waals surface area contributed by atoms with Crippen molar-refractivity contribution in [3.8, 4) is 0 Å². The van der Waals surface area contributed by atoms with E-state index in [0.29, 0.717) is 6.42 Å². The fourth-order valence-corrected chi connectivity index (χ4v) is 2.95. The predicted molar refractivity (Wildman–Crippen MR) is 100.0 cm³/mol. The summed E-state index contributed by atoms with van der Waals surface area (Å²) in [5.41, 5.74) is 2.76. The average molecular weight is 356 g/mol. The van der Waals surface area contributed by atoms with Gasteiger partial charge < -0.3 is 10.2 Å². The van der Waals surface area contributed by atoms with Crippen LogP contribution in [0, 0.1) is 12.7 Å². The average Bonchev–Trinajstić information content (AvgIpc) is 2.64. The molecule has 0 heterocycles. The third kappa shape index (κ3) is 4.91. The Morgan fingerprint density at radius 2 is 1.77 bits per heavy atom. The van der Waals surface area contributed by atoms with E-state index in [1.807, 2.05) is 38.1 Å². The molecule has 0 aliphatic carbocycles. The van der Waals surface area contributed by atoms with Crippen molar-refractivity contribution in [2.45, 2.75) is 39.3 Å². The van der Waals surface area contributed by atoms with Gasteiger partial charge in [-0.05, 0) is 42.2 Å². The van der Waals surface area contributed by atoms with Crippen molar-refractivity contribution in [2.75, 3.05) is 7.05 Å². The molecule has 0 bridgehead atoms. The lowest BCUT2D eigenvalue weighted by Crippen LogP contribution is -2.48. The minimum atomic E-state index is -0.568. The van der Waals surface area contributed by atoms with Crippen LogP contribution < -0.4 is 5.32 Å². The number of halogens is 1. The maximum Gasteiger partial charge on any atom is 0.242 e. The van der Waals surface area contributed by atoms with Gasteiger partial charge in [0.1, 0.15) is 11.9 Å². The molecule has 0 saturated carbocycles. The van der Waals surface area contributed by atoms with Crippen molar-refractivity contribution in [3.63, 3.8) is 0 Å². The molecule has 5 heteroatoms. The van der Waals surface area contributed by atoms with E-state index < -0.39 is 6.04 Å². The van der Waals surface area contributed by atoms with E-state index in [-0.39, 0.29) is 30.6 Å². The van der Waals surface area contributed by atoms with Gasteiger partial charge in [-0.15, -0.1) is 0 Å². The molecule has 2 amide bonds. The fourth-order valence-electron chi connectivity index (χ4n) is 2.95. The van der Waals surface area contributed by atoms with Crippen molar-refractivity contribution in [3.05, 3.63) is 71.0 Å². The second-order valence-corrected chi connectivity index (χ2v) is 6.29. The maximum atomic E-state index is 13.2. The van der Waals surface area contributed by atoms with Gasteiger partial charge in [-0.3, -0.25) is 9.59 Å². The number of hydrogen-bond donors (Lipinski definition) is 1. The van der Waals surface area contributed by atoms with Crippen LogP contribution in [0.3, 0.4) is 0 Å². The molecule has 2 aromatic carbocycles. The highest BCUT2D eigenvalue weighted by Crippen LogP contribution is 2.16. The molecule has 0 radical (unpaired) electrons. The minimum absolute atomic E-state index is 0.126. The first-order valence-electron chi connectivity index (χ1n) is 8.76. The Hall–Kier alpha value is -2.69. The Balaban J connectivity index is 2.29. The van der Waals surface area contributed by atoms with Crippen LogP contribution in [0.4, 0.5) is 4.39 Å². The monoisotopic (exact) mass is 356 g/mol. The standard InChI is InChI=1S/C21H25FN2O2/c1-4-19(21(26)23-3)24(14-16-9-11-18(22)12-10-16)20(25)13-17-8-6-5-7-15(17)2/h5-12,19H,4,13-14H2,1-3H3,(H,23,26)/t19-/m0/s1. The number of hydrogen-bond acceptors (Lipinski definition) is 2. The molecule has 0 aromatic heterocycles. The first-order chi connectivity index (χ1) is 12.5. The van der Waals surface area contributed by atoms with Crippen molar-refractivity contribution < 1.29 is 14.0 Å². The van der Waals surface area contributed by atoms with E-state index >= 15 is 0 Å². The van der Waals surface area contributed by atoms with Crippen LogP contribution in [0.1, 0.15) is 30.0 Å². The minimum Gasteiger partial charge on any atom is -0.357 e. The molecule has 138 valence electrons. The van der Waals surface area contributed by atoms with Crippen molar-refractivity contribution in [1.29, 1.82) is 0 Å². The summed E-state index contributed by atoms with van der Waals surface area (Å²) in [4.78, 5) is 26.9.